The molecular weight excluding hydrogens is 198 g/mol. The highest BCUT2D eigenvalue weighted by atomic mass is 15.2. The average molecular weight is 227 g/mol. The van der Waals surface area contributed by atoms with Gasteiger partial charge in [0.15, 0.2) is 0 Å². The van der Waals surface area contributed by atoms with Crippen molar-refractivity contribution in [3.8, 4) is 0 Å². The Morgan fingerprint density at radius 3 is 1.31 bits per heavy atom. The third-order valence-electron chi connectivity index (χ3n) is 3.73. The molecular formula is C13H29N3. The van der Waals surface area contributed by atoms with Gasteiger partial charge >= 0.3 is 0 Å². The lowest BCUT2D eigenvalue weighted by atomic mass is 10.0. The zero-order valence-corrected chi connectivity index (χ0v) is 11.6. The van der Waals surface area contributed by atoms with Gasteiger partial charge < -0.3 is 14.7 Å². The van der Waals surface area contributed by atoms with Crippen molar-refractivity contribution < 1.29 is 0 Å². The quantitative estimate of drug-likeness (QED) is 0.616. The van der Waals surface area contributed by atoms with Crippen LogP contribution in [0.5, 0.6) is 0 Å². The van der Waals surface area contributed by atoms with Crippen molar-refractivity contribution in [2.45, 2.75) is 19.8 Å². The fourth-order valence-electron chi connectivity index (χ4n) is 2.04. The maximum atomic E-state index is 2.47. The molecule has 1 aliphatic rings. The Morgan fingerprint density at radius 2 is 0.938 bits per heavy atom. The van der Waals surface area contributed by atoms with Gasteiger partial charge in [0.1, 0.15) is 0 Å². The molecule has 0 N–H and O–H groups in total. The monoisotopic (exact) mass is 227 g/mol. The maximum absolute atomic E-state index is 2.47. The molecule has 0 aromatic carbocycles. The Balaban J connectivity index is 2.39. The van der Waals surface area contributed by atoms with Crippen LogP contribution in [0.25, 0.3) is 0 Å². The van der Waals surface area contributed by atoms with Crippen LogP contribution in [0.4, 0.5) is 0 Å². The second kappa shape index (κ2) is 7.25. The van der Waals surface area contributed by atoms with E-state index >= 15 is 0 Å². The van der Waals surface area contributed by atoms with E-state index in [4.69, 9.17) is 0 Å². The van der Waals surface area contributed by atoms with Crippen LogP contribution in [0.15, 0.2) is 0 Å². The fraction of sp³-hybridized carbons (Fsp3) is 1.00. The summed E-state index contributed by atoms with van der Waals surface area (Å²) in [6.45, 7) is 9.67. The summed E-state index contributed by atoms with van der Waals surface area (Å²) >= 11 is 0. The lowest BCUT2D eigenvalue weighted by Crippen LogP contribution is -2.37. The number of rotatable bonds is 0. The zero-order valence-electron chi connectivity index (χ0n) is 11.6. The van der Waals surface area contributed by atoms with Crippen molar-refractivity contribution in [2.24, 2.45) is 5.92 Å². The summed E-state index contributed by atoms with van der Waals surface area (Å²) in [5.74, 6) is 0.863. The van der Waals surface area contributed by atoms with Crippen LogP contribution in [-0.4, -0.2) is 75.1 Å². The molecule has 3 heteroatoms. The Hall–Kier alpha value is -0.120. The molecule has 1 heterocycles. The molecule has 16 heavy (non-hydrogen) atoms. The predicted molar refractivity (Wildman–Crippen MR) is 70.9 cm³/mol. The second-order valence-corrected chi connectivity index (χ2v) is 5.59. The summed E-state index contributed by atoms with van der Waals surface area (Å²) in [5.41, 5.74) is 0. The topological polar surface area (TPSA) is 9.72 Å². The maximum Gasteiger partial charge on any atom is 0.0107 e. The summed E-state index contributed by atoms with van der Waals surface area (Å²) in [4.78, 5) is 7.38. The average Bonchev–Trinajstić information content (AvgIpc) is 2.27. The largest absolute Gasteiger partial charge is 0.305 e. The molecule has 0 aromatic rings. The summed E-state index contributed by atoms with van der Waals surface area (Å²) in [6.07, 6.45) is 2.68. The minimum Gasteiger partial charge on any atom is -0.305 e. The van der Waals surface area contributed by atoms with Gasteiger partial charge in [0.2, 0.25) is 0 Å². The highest BCUT2D eigenvalue weighted by Crippen LogP contribution is 2.09. The van der Waals surface area contributed by atoms with Gasteiger partial charge in [-0.1, -0.05) is 6.92 Å². The Morgan fingerprint density at radius 1 is 0.625 bits per heavy atom. The van der Waals surface area contributed by atoms with Crippen LogP contribution in [0.1, 0.15) is 19.8 Å². The predicted octanol–water partition coefficient (Wildman–Crippen LogP) is 1.21. The zero-order chi connectivity index (χ0) is 12.0. The minimum atomic E-state index is 0.863. The molecule has 1 fully saturated rings. The van der Waals surface area contributed by atoms with Crippen molar-refractivity contribution in [3.05, 3.63) is 0 Å². The standard InChI is InChI=1S/C13H29N3/c1-13-5-7-14(2)9-11-16(4)12-10-15(3)8-6-13/h13H,5-12H2,1-4H3. The highest BCUT2D eigenvalue weighted by Gasteiger charge is 2.10. The van der Waals surface area contributed by atoms with Crippen molar-refractivity contribution in [1.82, 2.24) is 14.7 Å². The normalized spacial score (nSPS) is 26.2. The van der Waals surface area contributed by atoms with E-state index in [1.165, 1.54) is 52.1 Å². The Kier molecular flexibility index (Phi) is 6.32. The molecule has 0 radical (unpaired) electrons. The van der Waals surface area contributed by atoms with E-state index in [9.17, 15) is 0 Å². The molecule has 0 atom stereocenters. The van der Waals surface area contributed by atoms with E-state index in [0.717, 1.165) is 5.92 Å². The molecule has 0 spiro atoms. The van der Waals surface area contributed by atoms with Crippen LogP contribution in [-0.2, 0) is 0 Å². The number of likely N-dealkylation sites (N-methyl/N-ethyl adjacent to an activating group) is 3. The molecule has 0 amide bonds. The van der Waals surface area contributed by atoms with Gasteiger partial charge in [-0.25, -0.2) is 0 Å². The highest BCUT2D eigenvalue weighted by molar-refractivity contribution is 4.65. The molecule has 0 unspecified atom stereocenters. The van der Waals surface area contributed by atoms with Gasteiger partial charge in [-0.15, -0.1) is 0 Å². The number of hydrogen-bond acceptors (Lipinski definition) is 3. The van der Waals surface area contributed by atoms with E-state index < -0.39 is 0 Å². The lowest BCUT2D eigenvalue weighted by molar-refractivity contribution is 0.200. The molecule has 1 rings (SSSR count). The molecule has 3 nitrogen and oxygen atoms in total. The van der Waals surface area contributed by atoms with Gasteiger partial charge in [0.05, 0.1) is 0 Å². The first-order valence-corrected chi connectivity index (χ1v) is 6.63. The molecule has 96 valence electrons. The Labute approximate surface area is 101 Å². The number of nitrogens with zero attached hydrogens (tertiary/aromatic N) is 3. The molecule has 0 bridgehead atoms. The van der Waals surface area contributed by atoms with Gasteiger partial charge in [-0.2, -0.15) is 0 Å². The van der Waals surface area contributed by atoms with Gasteiger partial charge in [-0.3, -0.25) is 0 Å². The van der Waals surface area contributed by atoms with Crippen molar-refractivity contribution in [1.29, 1.82) is 0 Å². The van der Waals surface area contributed by atoms with Crippen LogP contribution < -0.4 is 0 Å². The number of hydrogen-bond donors (Lipinski definition) is 0. The fourth-order valence-corrected chi connectivity index (χ4v) is 2.04. The van der Waals surface area contributed by atoms with E-state index in [2.05, 4.69) is 42.8 Å². The third-order valence-corrected chi connectivity index (χ3v) is 3.73. The van der Waals surface area contributed by atoms with Gasteiger partial charge in [0.25, 0.3) is 0 Å². The van der Waals surface area contributed by atoms with Crippen LogP contribution in [0.3, 0.4) is 0 Å². The van der Waals surface area contributed by atoms with Crippen molar-refractivity contribution >= 4 is 0 Å². The van der Waals surface area contributed by atoms with Crippen LogP contribution >= 0.6 is 0 Å². The molecule has 0 aliphatic carbocycles. The first-order valence-electron chi connectivity index (χ1n) is 6.63. The summed E-state index contributed by atoms with van der Waals surface area (Å²) < 4.78 is 0. The van der Waals surface area contributed by atoms with Crippen LogP contribution in [0, 0.1) is 5.92 Å². The van der Waals surface area contributed by atoms with Crippen molar-refractivity contribution in [3.63, 3.8) is 0 Å². The smallest absolute Gasteiger partial charge is 0.0107 e. The summed E-state index contributed by atoms with van der Waals surface area (Å²) in [5, 5.41) is 0. The molecule has 1 aliphatic heterocycles. The molecule has 0 aromatic heterocycles. The first kappa shape index (κ1) is 13.9. The van der Waals surface area contributed by atoms with E-state index in [0.29, 0.717) is 0 Å². The molecule has 1 saturated heterocycles. The lowest BCUT2D eigenvalue weighted by Gasteiger charge is -2.27. The van der Waals surface area contributed by atoms with Crippen LogP contribution in [0.2, 0.25) is 0 Å². The van der Waals surface area contributed by atoms with Gasteiger partial charge in [-0.05, 0) is 53.0 Å². The van der Waals surface area contributed by atoms with E-state index in [1.54, 1.807) is 0 Å². The second-order valence-electron chi connectivity index (χ2n) is 5.59. The third kappa shape index (κ3) is 5.83. The summed E-state index contributed by atoms with van der Waals surface area (Å²) in [6, 6.07) is 0. The van der Waals surface area contributed by atoms with E-state index in [-0.39, 0.29) is 0 Å². The summed E-state index contributed by atoms with van der Waals surface area (Å²) in [7, 11) is 6.73. The molecule has 0 saturated carbocycles. The first-order chi connectivity index (χ1) is 7.58. The van der Waals surface area contributed by atoms with E-state index in [1.807, 2.05) is 0 Å². The van der Waals surface area contributed by atoms with Crippen molar-refractivity contribution in [2.75, 3.05) is 60.4 Å². The Bertz CT molecular complexity index is 128. The van der Waals surface area contributed by atoms with Gasteiger partial charge in [0, 0.05) is 26.2 Å². The minimum absolute atomic E-state index is 0.863. The SMILES string of the molecule is CC1CCN(C)CCN(C)CCN(C)CC1.